The molecule has 3 rings (SSSR count). The van der Waals surface area contributed by atoms with Crippen LogP contribution in [0.5, 0.6) is 0 Å². The van der Waals surface area contributed by atoms with Gasteiger partial charge >= 0.3 is 6.03 Å². The first-order valence-electron chi connectivity index (χ1n) is 8.73. The molecule has 1 aliphatic carbocycles. The van der Waals surface area contributed by atoms with Crippen LogP contribution in [0.25, 0.3) is 0 Å². The van der Waals surface area contributed by atoms with Gasteiger partial charge in [-0.25, -0.2) is 9.18 Å². The number of piperidine rings is 1. The van der Waals surface area contributed by atoms with Gasteiger partial charge in [-0.1, -0.05) is 25.0 Å². The first kappa shape index (κ1) is 16.2. The fraction of sp³-hybridized carbons (Fsp3) is 0.611. The lowest BCUT2D eigenvalue weighted by molar-refractivity contribution is 0.185. The molecule has 23 heavy (non-hydrogen) atoms. The molecular formula is C18H26FN3O. The van der Waals surface area contributed by atoms with Gasteiger partial charge in [0.25, 0.3) is 0 Å². The molecule has 1 aromatic carbocycles. The first-order chi connectivity index (χ1) is 11.2. The maximum atomic E-state index is 12.9. The molecule has 126 valence electrons. The number of hydrogen-bond donors (Lipinski definition) is 2. The van der Waals surface area contributed by atoms with Crippen LogP contribution >= 0.6 is 0 Å². The highest BCUT2D eigenvalue weighted by atomic mass is 19.1. The van der Waals surface area contributed by atoms with Crippen LogP contribution in [-0.4, -0.2) is 36.1 Å². The van der Waals surface area contributed by atoms with Gasteiger partial charge in [0, 0.05) is 31.7 Å². The van der Waals surface area contributed by atoms with Crippen LogP contribution in [0.15, 0.2) is 24.3 Å². The van der Waals surface area contributed by atoms with E-state index in [9.17, 15) is 9.18 Å². The first-order valence-corrected chi connectivity index (χ1v) is 8.73. The van der Waals surface area contributed by atoms with Gasteiger partial charge in [0.1, 0.15) is 5.82 Å². The van der Waals surface area contributed by atoms with Gasteiger partial charge < -0.3 is 10.6 Å². The van der Waals surface area contributed by atoms with Gasteiger partial charge in [0.15, 0.2) is 0 Å². The summed E-state index contributed by atoms with van der Waals surface area (Å²) in [7, 11) is 0. The smallest absolute Gasteiger partial charge is 0.315 e. The SMILES string of the molecule is O=C(NC1CCCC1)NC1CCN(Cc2ccc(F)cc2)CC1. The van der Waals surface area contributed by atoms with E-state index >= 15 is 0 Å². The summed E-state index contributed by atoms with van der Waals surface area (Å²) in [4.78, 5) is 14.4. The molecule has 0 atom stereocenters. The molecule has 4 nitrogen and oxygen atoms in total. The Kier molecular flexibility index (Phi) is 5.49. The summed E-state index contributed by atoms with van der Waals surface area (Å²) in [6, 6.07) is 7.33. The summed E-state index contributed by atoms with van der Waals surface area (Å²) in [5.74, 6) is -0.190. The van der Waals surface area contributed by atoms with Crippen LogP contribution in [0.4, 0.5) is 9.18 Å². The van der Waals surface area contributed by atoms with Crippen molar-refractivity contribution < 1.29 is 9.18 Å². The number of nitrogens with one attached hydrogen (secondary N) is 2. The average molecular weight is 319 g/mol. The molecular weight excluding hydrogens is 293 g/mol. The Bertz CT molecular complexity index is 506. The number of urea groups is 1. The molecule has 0 spiro atoms. The minimum atomic E-state index is -0.190. The number of benzene rings is 1. The molecule has 5 heteroatoms. The van der Waals surface area contributed by atoms with Crippen molar-refractivity contribution in [3.63, 3.8) is 0 Å². The van der Waals surface area contributed by atoms with Crippen LogP contribution in [0.2, 0.25) is 0 Å². The minimum absolute atomic E-state index is 0.00566. The normalized spacial score (nSPS) is 20.6. The highest BCUT2D eigenvalue weighted by Crippen LogP contribution is 2.18. The number of hydrogen-bond acceptors (Lipinski definition) is 2. The highest BCUT2D eigenvalue weighted by molar-refractivity contribution is 5.74. The largest absolute Gasteiger partial charge is 0.335 e. The summed E-state index contributed by atoms with van der Waals surface area (Å²) in [5, 5.41) is 6.19. The number of amides is 2. The van der Waals surface area contributed by atoms with E-state index in [1.54, 1.807) is 0 Å². The van der Waals surface area contributed by atoms with Crippen LogP contribution in [0.3, 0.4) is 0 Å². The van der Waals surface area contributed by atoms with Crippen LogP contribution < -0.4 is 10.6 Å². The molecule has 2 N–H and O–H groups in total. The summed E-state index contributed by atoms with van der Waals surface area (Å²) in [6.07, 6.45) is 6.63. The fourth-order valence-electron chi connectivity index (χ4n) is 3.57. The lowest BCUT2D eigenvalue weighted by atomic mass is 10.0. The van der Waals surface area contributed by atoms with Crippen LogP contribution in [0.1, 0.15) is 44.1 Å². The fourth-order valence-corrected chi connectivity index (χ4v) is 3.57. The predicted molar refractivity (Wildman–Crippen MR) is 88.6 cm³/mol. The van der Waals surface area contributed by atoms with E-state index in [0.29, 0.717) is 6.04 Å². The number of rotatable bonds is 4. The topological polar surface area (TPSA) is 44.4 Å². The third-order valence-corrected chi connectivity index (χ3v) is 4.93. The van der Waals surface area contributed by atoms with E-state index in [1.807, 2.05) is 12.1 Å². The monoisotopic (exact) mass is 319 g/mol. The van der Waals surface area contributed by atoms with Crippen LogP contribution in [0, 0.1) is 5.82 Å². The number of halogens is 1. The third-order valence-electron chi connectivity index (χ3n) is 4.93. The summed E-state index contributed by atoms with van der Waals surface area (Å²) in [5.41, 5.74) is 1.14. The van der Waals surface area contributed by atoms with Gasteiger partial charge in [-0.05, 0) is 43.4 Å². The summed E-state index contributed by atoms with van der Waals surface area (Å²) in [6.45, 7) is 2.78. The van der Waals surface area contributed by atoms with E-state index < -0.39 is 0 Å². The van der Waals surface area contributed by atoms with Gasteiger partial charge in [-0.3, -0.25) is 4.90 Å². The zero-order valence-corrected chi connectivity index (χ0v) is 13.6. The second-order valence-corrected chi connectivity index (χ2v) is 6.78. The lowest BCUT2D eigenvalue weighted by Crippen LogP contribution is -2.49. The van der Waals surface area contributed by atoms with Gasteiger partial charge in [-0.15, -0.1) is 0 Å². The van der Waals surface area contributed by atoms with E-state index in [1.165, 1.54) is 25.0 Å². The molecule has 1 saturated carbocycles. The van der Waals surface area contributed by atoms with E-state index in [2.05, 4.69) is 15.5 Å². The molecule has 1 aliphatic heterocycles. The molecule has 1 saturated heterocycles. The quantitative estimate of drug-likeness (QED) is 0.896. The molecule has 2 amide bonds. The number of carbonyl (C=O) groups is 1. The Balaban J connectivity index is 1.37. The maximum Gasteiger partial charge on any atom is 0.315 e. The van der Waals surface area contributed by atoms with Crippen molar-refractivity contribution in [1.29, 1.82) is 0 Å². The molecule has 0 radical (unpaired) electrons. The van der Waals surface area contributed by atoms with Gasteiger partial charge in [0.2, 0.25) is 0 Å². The second kappa shape index (κ2) is 7.77. The lowest BCUT2D eigenvalue weighted by Gasteiger charge is -2.32. The molecule has 1 aromatic rings. The zero-order chi connectivity index (χ0) is 16.1. The molecule has 0 aromatic heterocycles. The standard InChI is InChI=1S/C18H26FN3O/c19-15-7-5-14(6-8-15)13-22-11-9-17(10-12-22)21-18(23)20-16-3-1-2-4-16/h5-8,16-17H,1-4,9-13H2,(H2,20,21,23). The minimum Gasteiger partial charge on any atom is -0.335 e. The Labute approximate surface area is 137 Å². The van der Waals surface area contributed by atoms with Crippen molar-refractivity contribution in [1.82, 2.24) is 15.5 Å². The second-order valence-electron chi connectivity index (χ2n) is 6.78. The van der Waals surface area contributed by atoms with Crippen molar-refractivity contribution in [2.45, 2.75) is 57.2 Å². The Morgan fingerprint density at radius 3 is 2.17 bits per heavy atom. The van der Waals surface area contributed by atoms with Crippen LogP contribution in [-0.2, 0) is 6.54 Å². The Hall–Kier alpha value is -1.62. The highest BCUT2D eigenvalue weighted by Gasteiger charge is 2.22. The van der Waals surface area contributed by atoms with E-state index in [0.717, 1.165) is 50.9 Å². The van der Waals surface area contributed by atoms with E-state index in [-0.39, 0.29) is 17.9 Å². The zero-order valence-electron chi connectivity index (χ0n) is 13.6. The number of nitrogens with zero attached hydrogens (tertiary/aromatic N) is 1. The molecule has 1 heterocycles. The van der Waals surface area contributed by atoms with Crippen molar-refractivity contribution in [2.75, 3.05) is 13.1 Å². The summed E-state index contributed by atoms with van der Waals surface area (Å²) < 4.78 is 12.9. The summed E-state index contributed by atoms with van der Waals surface area (Å²) >= 11 is 0. The van der Waals surface area contributed by atoms with Gasteiger partial charge in [-0.2, -0.15) is 0 Å². The molecule has 0 bridgehead atoms. The Morgan fingerprint density at radius 1 is 1.00 bits per heavy atom. The number of carbonyl (C=O) groups excluding carboxylic acids is 1. The van der Waals surface area contributed by atoms with E-state index in [4.69, 9.17) is 0 Å². The third kappa shape index (κ3) is 4.93. The Morgan fingerprint density at radius 2 is 1.57 bits per heavy atom. The van der Waals surface area contributed by atoms with Gasteiger partial charge in [0.05, 0.1) is 0 Å². The molecule has 0 unspecified atom stereocenters. The predicted octanol–water partition coefficient (Wildman–Crippen LogP) is 3.03. The van der Waals surface area contributed by atoms with Crippen molar-refractivity contribution in [3.8, 4) is 0 Å². The maximum absolute atomic E-state index is 12.9. The van der Waals surface area contributed by atoms with Crippen molar-refractivity contribution in [2.24, 2.45) is 0 Å². The van der Waals surface area contributed by atoms with Crippen molar-refractivity contribution in [3.05, 3.63) is 35.6 Å². The van der Waals surface area contributed by atoms with Crippen molar-refractivity contribution >= 4 is 6.03 Å². The number of likely N-dealkylation sites (tertiary alicyclic amines) is 1. The molecule has 2 aliphatic rings. The molecule has 2 fully saturated rings. The average Bonchev–Trinajstić information content (AvgIpc) is 3.04.